The van der Waals surface area contributed by atoms with Gasteiger partial charge in [0, 0.05) is 18.2 Å². The highest BCUT2D eigenvalue weighted by atomic mass is 15.2. The lowest BCUT2D eigenvalue weighted by Gasteiger charge is -2.38. The third-order valence-electron chi connectivity index (χ3n) is 4.63. The van der Waals surface area contributed by atoms with Crippen LogP contribution in [0.2, 0.25) is 0 Å². The molecule has 102 valence electrons. The number of nitrogens with one attached hydrogen (secondary N) is 1. The van der Waals surface area contributed by atoms with Gasteiger partial charge in [-0.15, -0.1) is 0 Å². The van der Waals surface area contributed by atoms with Crippen molar-refractivity contribution in [2.45, 2.75) is 45.4 Å². The van der Waals surface area contributed by atoms with Crippen molar-refractivity contribution in [1.82, 2.24) is 0 Å². The first-order valence-corrected chi connectivity index (χ1v) is 7.69. The molecule has 1 N–H and O–H groups in total. The van der Waals surface area contributed by atoms with Gasteiger partial charge in [-0.25, -0.2) is 0 Å². The van der Waals surface area contributed by atoms with E-state index in [1.54, 1.807) is 0 Å². The fourth-order valence-electron chi connectivity index (χ4n) is 3.62. The first-order chi connectivity index (χ1) is 9.25. The van der Waals surface area contributed by atoms with Gasteiger partial charge in [-0.1, -0.05) is 44.4 Å². The molecule has 0 saturated heterocycles. The monoisotopic (exact) mass is 256 g/mol. The highest BCUT2D eigenvalue weighted by Crippen LogP contribution is 2.33. The second kappa shape index (κ2) is 5.36. The summed E-state index contributed by atoms with van der Waals surface area (Å²) in [5, 5.41) is 8.62. The number of rotatable bonds is 1. The van der Waals surface area contributed by atoms with Crippen molar-refractivity contribution in [2.75, 3.05) is 11.4 Å². The van der Waals surface area contributed by atoms with Gasteiger partial charge in [0.05, 0.1) is 0 Å². The normalized spacial score (nSPS) is 24.1. The van der Waals surface area contributed by atoms with Crippen LogP contribution in [0.1, 0.15) is 44.6 Å². The molecule has 1 unspecified atom stereocenters. The topological polar surface area (TPSA) is 27.1 Å². The van der Waals surface area contributed by atoms with Crippen molar-refractivity contribution in [1.29, 1.82) is 5.41 Å². The first-order valence-electron chi connectivity index (χ1n) is 7.69. The van der Waals surface area contributed by atoms with E-state index in [4.69, 9.17) is 5.41 Å². The Kier molecular flexibility index (Phi) is 3.58. The molecule has 1 aliphatic carbocycles. The zero-order chi connectivity index (χ0) is 13.2. The van der Waals surface area contributed by atoms with Gasteiger partial charge in [0.1, 0.15) is 5.84 Å². The van der Waals surface area contributed by atoms with Crippen molar-refractivity contribution in [2.24, 2.45) is 11.8 Å². The molecule has 1 aliphatic heterocycles. The molecule has 0 spiro atoms. The van der Waals surface area contributed by atoms with Crippen LogP contribution in [0.4, 0.5) is 5.69 Å². The highest BCUT2D eigenvalue weighted by Gasteiger charge is 2.28. The van der Waals surface area contributed by atoms with Crippen molar-refractivity contribution < 1.29 is 0 Å². The van der Waals surface area contributed by atoms with Crippen molar-refractivity contribution >= 4 is 11.5 Å². The van der Waals surface area contributed by atoms with Crippen LogP contribution in [-0.2, 0) is 6.42 Å². The number of hydrogen-bond donors (Lipinski definition) is 1. The molecule has 1 saturated carbocycles. The predicted molar refractivity (Wildman–Crippen MR) is 81.0 cm³/mol. The maximum atomic E-state index is 8.62. The second-order valence-electron chi connectivity index (χ2n) is 6.27. The van der Waals surface area contributed by atoms with E-state index in [2.05, 4.69) is 36.1 Å². The second-order valence-corrected chi connectivity index (χ2v) is 6.27. The van der Waals surface area contributed by atoms with Crippen LogP contribution in [0.5, 0.6) is 0 Å². The number of para-hydroxylation sites is 1. The number of amidine groups is 1. The fraction of sp³-hybridized carbons (Fsp3) is 0.588. The third-order valence-corrected chi connectivity index (χ3v) is 4.63. The Balaban J connectivity index is 1.85. The summed E-state index contributed by atoms with van der Waals surface area (Å²) in [6.07, 6.45) is 7.55. The van der Waals surface area contributed by atoms with Gasteiger partial charge in [0.25, 0.3) is 0 Å². The molecule has 1 atom stereocenters. The molecule has 0 radical (unpaired) electrons. The van der Waals surface area contributed by atoms with Crippen molar-refractivity contribution in [3.05, 3.63) is 29.8 Å². The van der Waals surface area contributed by atoms with Gasteiger partial charge in [0.2, 0.25) is 0 Å². The van der Waals surface area contributed by atoms with E-state index in [1.807, 2.05) is 0 Å². The molecule has 0 aromatic heterocycles. The summed E-state index contributed by atoms with van der Waals surface area (Å²) in [6.45, 7) is 3.32. The van der Waals surface area contributed by atoms with Gasteiger partial charge >= 0.3 is 0 Å². The fourth-order valence-corrected chi connectivity index (χ4v) is 3.62. The summed E-state index contributed by atoms with van der Waals surface area (Å²) in [5.41, 5.74) is 2.71. The van der Waals surface area contributed by atoms with Gasteiger partial charge in [0.15, 0.2) is 0 Å². The molecule has 19 heavy (non-hydrogen) atoms. The van der Waals surface area contributed by atoms with Gasteiger partial charge in [-0.05, 0) is 36.8 Å². The average Bonchev–Trinajstić information content (AvgIpc) is 2.46. The Morgan fingerprint density at radius 2 is 1.89 bits per heavy atom. The lowest BCUT2D eigenvalue weighted by atomic mass is 9.86. The maximum Gasteiger partial charge on any atom is 0.103 e. The summed E-state index contributed by atoms with van der Waals surface area (Å²) in [5.74, 6) is 2.02. The molecule has 1 aromatic rings. The zero-order valence-electron chi connectivity index (χ0n) is 11.9. The smallest absolute Gasteiger partial charge is 0.103 e. The van der Waals surface area contributed by atoms with Crippen LogP contribution in [0.15, 0.2) is 24.3 Å². The summed E-state index contributed by atoms with van der Waals surface area (Å²) in [6, 6.07) is 8.65. The third kappa shape index (κ3) is 2.54. The van der Waals surface area contributed by atoms with Crippen LogP contribution in [0.25, 0.3) is 0 Å². The minimum absolute atomic E-state index is 0.493. The Morgan fingerprint density at radius 1 is 1.16 bits per heavy atom. The molecule has 0 amide bonds. The molecule has 3 rings (SSSR count). The summed E-state index contributed by atoms with van der Waals surface area (Å²) < 4.78 is 0. The van der Waals surface area contributed by atoms with Gasteiger partial charge in [-0.3, -0.25) is 5.41 Å². The van der Waals surface area contributed by atoms with E-state index in [0.717, 1.165) is 18.8 Å². The molecular weight excluding hydrogens is 232 g/mol. The van der Waals surface area contributed by atoms with Crippen molar-refractivity contribution in [3.8, 4) is 0 Å². The Bertz CT molecular complexity index is 460. The molecular formula is C17H24N2. The summed E-state index contributed by atoms with van der Waals surface area (Å²) >= 11 is 0. The summed E-state index contributed by atoms with van der Waals surface area (Å²) in [7, 11) is 0. The largest absolute Gasteiger partial charge is 0.330 e. The Morgan fingerprint density at radius 3 is 2.68 bits per heavy atom. The number of anilines is 1. The van der Waals surface area contributed by atoms with Gasteiger partial charge < -0.3 is 4.90 Å². The highest BCUT2D eigenvalue weighted by molar-refractivity contribution is 5.98. The number of benzene rings is 1. The zero-order valence-corrected chi connectivity index (χ0v) is 11.9. The molecule has 0 bridgehead atoms. The molecule has 1 fully saturated rings. The molecule has 2 nitrogen and oxygen atoms in total. The Labute approximate surface area is 116 Å². The number of hydrogen-bond acceptors (Lipinski definition) is 1. The molecule has 2 aliphatic rings. The minimum Gasteiger partial charge on any atom is -0.330 e. The lowest BCUT2D eigenvalue weighted by Crippen LogP contribution is -2.42. The van der Waals surface area contributed by atoms with E-state index in [0.29, 0.717) is 11.8 Å². The van der Waals surface area contributed by atoms with E-state index in [-0.39, 0.29) is 0 Å². The Hall–Kier alpha value is -1.31. The quantitative estimate of drug-likeness (QED) is 0.590. The summed E-state index contributed by atoms with van der Waals surface area (Å²) in [4.78, 5) is 2.29. The predicted octanol–water partition coefficient (Wildman–Crippen LogP) is 4.24. The van der Waals surface area contributed by atoms with Gasteiger partial charge in [-0.2, -0.15) is 0 Å². The number of fused-ring (bicyclic) bond motifs is 1. The van der Waals surface area contributed by atoms with Crippen LogP contribution < -0.4 is 4.90 Å². The SMILES string of the molecule is CC1Cc2ccccc2N(C(=N)C2CCCCC2)C1. The van der Waals surface area contributed by atoms with E-state index in [1.165, 1.54) is 43.4 Å². The minimum atomic E-state index is 0.493. The standard InChI is InChI=1S/C17H24N2/c1-13-11-15-9-5-6-10-16(15)19(12-13)17(18)14-7-3-2-4-8-14/h5-6,9-10,13-14,18H,2-4,7-8,11-12H2,1H3. The number of nitrogens with zero attached hydrogens (tertiary/aromatic N) is 1. The maximum absolute atomic E-state index is 8.62. The molecule has 1 heterocycles. The van der Waals surface area contributed by atoms with E-state index < -0.39 is 0 Å². The first kappa shape index (κ1) is 12.7. The van der Waals surface area contributed by atoms with E-state index >= 15 is 0 Å². The molecule has 1 aromatic carbocycles. The van der Waals surface area contributed by atoms with Crippen LogP contribution in [-0.4, -0.2) is 12.4 Å². The lowest BCUT2D eigenvalue weighted by molar-refractivity contribution is 0.430. The van der Waals surface area contributed by atoms with Crippen LogP contribution in [0.3, 0.4) is 0 Å². The van der Waals surface area contributed by atoms with Crippen LogP contribution in [0, 0.1) is 17.2 Å². The van der Waals surface area contributed by atoms with Crippen molar-refractivity contribution in [3.63, 3.8) is 0 Å². The average molecular weight is 256 g/mol. The molecule has 2 heteroatoms. The van der Waals surface area contributed by atoms with Crippen LogP contribution >= 0.6 is 0 Å². The van der Waals surface area contributed by atoms with E-state index in [9.17, 15) is 0 Å².